The van der Waals surface area contributed by atoms with E-state index in [9.17, 15) is 9.59 Å². The van der Waals surface area contributed by atoms with Crippen molar-refractivity contribution in [3.05, 3.63) is 34.9 Å². The average molecular weight is 338 g/mol. The first-order chi connectivity index (χ1) is 11.0. The molecular weight excluding hydrogens is 314 g/mol. The average Bonchev–Trinajstić information content (AvgIpc) is 2.96. The van der Waals surface area contributed by atoms with Gasteiger partial charge in [0.15, 0.2) is 0 Å². The van der Waals surface area contributed by atoms with E-state index in [2.05, 4.69) is 10.6 Å². The van der Waals surface area contributed by atoms with Gasteiger partial charge in [0.1, 0.15) is 0 Å². The number of likely N-dealkylation sites (tertiary alicyclic amines) is 1. The van der Waals surface area contributed by atoms with Crippen LogP contribution in [0.4, 0.5) is 0 Å². The van der Waals surface area contributed by atoms with Crippen molar-refractivity contribution in [1.82, 2.24) is 15.5 Å². The zero-order valence-corrected chi connectivity index (χ0v) is 14.4. The lowest BCUT2D eigenvalue weighted by atomic mass is 10.0. The summed E-state index contributed by atoms with van der Waals surface area (Å²) in [7, 11) is 1.93. The molecule has 2 amide bonds. The summed E-state index contributed by atoms with van der Waals surface area (Å²) in [6.07, 6.45) is 1.30. The lowest BCUT2D eigenvalue weighted by Gasteiger charge is -2.22. The number of benzene rings is 1. The Morgan fingerprint density at radius 3 is 2.65 bits per heavy atom. The Hall–Kier alpha value is -1.59. The topological polar surface area (TPSA) is 61.4 Å². The fourth-order valence-electron chi connectivity index (χ4n) is 3.01. The second kappa shape index (κ2) is 8.31. The van der Waals surface area contributed by atoms with Gasteiger partial charge in [-0.3, -0.25) is 9.59 Å². The smallest absolute Gasteiger partial charge is 0.224 e. The van der Waals surface area contributed by atoms with Gasteiger partial charge in [-0.25, -0.2) is 0 Å². The van der Waals surface area contributed by atoms with Gasteiger partial charge in [0.2, 0.25) is 11.8 Å². The molecular formula is C17H24ClN3O2. The van der Waals surface area contributed by atoms with Crippen LogP contribution in [0.25, 0.3) is 0 Å². The van der Waals surface area contributed by atoms with E-state index in [0.717, 1.165) is 31.6 Å². The van der Waals surface area contributed by atoms with Crippen LogP contribution in [0.5, 0.6) is 0 Å². The highest BCUT2D eigenvalue weighted by Crippen LogP contribution is 2.23. The molecule has 2 atom stereocenters. The number of nitrogens with one attached hydrogen (secondary N) is 2. The van der Waals surface area contributed by atoms with Gasteiger partial charge >= 0.3 is 0 Å². The van der Waals surface area contributed by atoms with E-state index in [4.69, 9.17) is 11.6 Å². The Morgan fingerprint density at radius 2 is 2.04 bits per heavy atom. The van der Waals surface area contributed by atoms with E-state index >= 15 is 0 Å². The molecule has 23 heavy (non-hydrogen) atoms. The van der Waals surface area contributed by atoms with Crippen molar-refractivity contribution < 1.29 is 9.59 Å². The van der Waals surface area contributed by atoms with E-state index in [0.29, 0.717) is 10.9 Å². The largest absolute Gasteiger partial charge is 0.349 e. The highest BCUT2D eigenvalue weighted by molar-refractivity contribution is 6.30. The summed E-state index contributed by atoms with van der Waals surface area (Å²) in [5.74, 6) is 0.447. The standard InChI is InChI=1S/C17H24ClN3O2/c1-12(22)20-16(14-3-5-15(18)6-4-14)9-17(23)21-8-7-13(11-21)10-19-2/h3-6,13,16,19H,7-11H2,1-2H3,(H,20,22). The molecule has 2 N–H and O–H groups in total. The molecule has 2 unspecified atom stereocenters. The van der Waals surface area contributed by atoms with Gasteiger partial charge < -0.3 is 15.5 Å². The molecule has 0 radical (unpaired) electrons. The molecule has 1 fully saturated rings. The summed E-state index contributed by atoms with van der Waals surface area (Å²) in [6.45, 7) is 3.97. The number of nitrogens with zero attached hydrogens (tertiary/aromatic N) is 1. The maximum absolute atomic E-state index is 12.6. The third-order valence-electron chi connectivity index (χ3n) is 4.16. The Balaban J connectivity index is 2.01. The minimum absolute atomic E-state index is 0.0808. The minimum Gasteiger partial charge on any atom is -0.349 e. The van der Waals surface area contributed by atoms with Gasteiger partial charge in [-0.2, -0.15) is 0 Å². The maximum atomic E-state index is 12.6. The first-order valence-corrected chi connectivity index (χ1v) is 8.32. The van der Waals surface area contributed by atoms with Gasteiger partial charge in [-0.05, 0) is 43.6 Å². The van der Waals surface area contributed by atoms with Gasteiger partial charge in [0, 0.05) is 25.0 Å². The molecule has 1 aliphatic heterocycles. The number of amides is 2. The van der Waals surface area contributed by atoms with Crippen LogP contribution in [0.3, 0.4) is 0 Å². The Bertz CT molecular complexity index is 547. The molecule has 126 valence electrons. The summed E-state index contributed by atoms with van der Waals surface area (Å²) in [4.78, 5) is 25.9. The van der Waals surface area contributed by atoms with E-state index < -0.39 is 0 Å². The molecule has 6 heteroatoms. The number of carbonyl (C=O) groups is 2. The second-order valence-corrected chi connectivity index (χ2v) is 6.50. The molecule has 1 saturated heterocycles. The highest BCUT2D eigenvalue weighted by Gasteiger charge is 2.28. The molecule has 1 aromatic carbocycles. The molecule has 1 aliphatic rings. The molecule has 0 saturated carbocycles. The first kappa shape index (κ1) is 17.8. The number of hydrogen-bond donors (Lipinski definition) is 2. The predicted molar refractivity (Wildman–Crippen MR) is 91.2 cm³/mol. The SMILES string of the molecule is CNCC1CCN(C(=O)CC(NC(C)=O)c2ccc(Cl)cc2)C1. The molecule has 0 aromatic heterocycles. The Morgan fingerprint density at radius 1 is 1.35 bits per heavy atom. The van der Waals surface area contributed by atoms with E-state index in [1.54, 1.807) is 12.1 Å². The summed E-state index contributed by atoms with van der Waals surface area (Å²) < 4.78 is 0. The first-order valence-electron chi connectivity index (χ1n) is 7.94. The molecule has 1 aromatic rings. The molecule has 1 heterocycles. The van der Waals surface area contributed by atoms with Crippen molar-refractivity contribution in [1.29, 1.82) is 0 Å². The normalized spacial score (nSPS) is 18.7. The second-order valence-electron chi connectivity index (χ2n) is 6.06. The monoisotopic (exact) mass is 337 g/mol. The molecule has 0 aliphatic carbocycles. The van der Waals surface area contributed by atoms with Crippen LogP contribution in [0.2, 0.25) is 5.02 Å². The van der Waals surface area contributed by atoms with E-state index in [-0.39, 0.29) is 24.3 Å². The van der Waals surface area contributed by atoms with Crippen molar-refractivity contribution in [3.8, 4) is 0 Å². The fourth-order valence-corrected chi connectivity index (χ4v) is 3.14. The van der Waals surface area contributed by atoms with Gasteiger partial charge in [0.05, 0.1) is 12.5 Å². The summed E-state index contributed by atoms with van der Waals surface area (Å²) in [6, 6.07) is 6.93. The number of halogens is 1. The Kier molecular flexibility index (Phi) is 6.42. The number of rotatable bonds is 6. The lowest BCUT2D eigenvalue weighted by molar-refractivity contribution is -0.131. The van der Waals surface area contributed by atoms with Crippen molar-refractivity contribution in [2.45, 2.75) is 25.8 Å². The van der Waals surface area contributed by atoms with Gasteiger partial charge in [-0.15, -0.1) is 0 Å². The third kappa shape index (κ3) is 5.22. The van der Waals surface area contributed by atoms with Gasteiger partial charge in [-0.1, -0.05) is 23.7 Å². The maximum Gasteiger partial charge on any atom is 0.224 e. The fraction of sp³-hybridized carbons (Fsp3) is 0.529. The molecule has 2 rings (SSSR count). The number of carbonyl (C=O) groups excluding carboxylic acids is 2. The lowest BCUT2D eigenvalue weighted by Crippen LogP contribution is -2.35. The number of hydrogen-bond acceptors (Lipinski definition) is 3. The van der Waals surface area contributed by atoms with Crippen molar-refractivity contribution >= 4 is 23.4 Å². The van der Waals surface area contributed by atoms with Crippen LogP contribution in [-0.4, -0.2) is 43.4 Å². The van der Waals surface area contributed by atoms with Crippen LogP contribution < -0.4 is 10.6 Å². The van der Waals surface area contributed by atoms with Crippen molar-refractivity contribution in [3.63, 3.8) is 0 Å². The zero-order chi connectivity index (χ0) is 16.8. The van der Waals surface area contributed by atoms with Crippen LogP contribution in [0, 0.1) is 5.92 Å². The van der Waals surface area contributed by atoms with Crippen LogP contribution in [0.1, 0.15) is 31.4 Å². The summed E-state index contributed by atoms with van der Waals surface area (Å²) in [5.41, 5.74) is 0.893. The summed E-state index contributed by atoms with van der Waals surface area (Å²) in [5, 5.41) is 6.66. The quantitative estimate of drug-likeness (QED) is 0.834. The molecule has 0 bridgehead atoms. The Labute approximate surface area is 142 Å². The minimum atomic E-state index is -0.319. The van der Waals surface area contributed by atoms with Crippen LogP contribution in [-0.2, 0) is 9.59 Å². The van der Waals surface area contributed by atoms with Gasteiger partial charge in [0.25, 0.3) is 0 Å². The highest BCUT2D eigenvalue weighted by atomic mass is 35.5. The third-order valence-corrected chi connectivity index (χ3v) is 4.41. The van der Waals surface area contributed by atoms with Crippen molar-refractivity contribution in [2.75, 3.05) is 26.7 Å². The summed E-state index contributed by atoms with van der Waals surface area (Å²) >= 11 is 5.91. The zero-order valence-electron chi connectivity index (χ0n) is 13.6. The van der Waals surface area contributed by atoms with Crippen LogP contribution in [0.15, 0.2) is 24.3 Å². The van der Waals surface area contributed by atoms with Crippen LogP contribution >= 0.6 is 11.6 Å². The molecule has 0 spiro atoms. The van der Waals surface area contributed by atoms with E-state index in [1.807, 2.05) is 24.1 Å². The predicted octanol–water partition coefficient (Wildman–Crippen LogP) is 1.98. The van der Waals surface area contributed by atoms with E-state index in [1.165, 1.54) is 6.92 Å². The molecule has 5 nitrogen and oxygen atoms in total. The van der Waals surface area contributed by atoms with Crippen molar-refractivity contribution in [2.24, 2.45) is 5.92 Å².